The molecule has 0 amide bonds. The first-order valence-electron chi connectivity index (χ1n) is 8.13. The van der Waals surface area contributed by atoms with Gasteiger partial charge in [0.1, 0.15) is 6.35 Å². The van der Waals surface area contributed by atoms with Crippen LogP contribution in [0.5, 0.6) is 0 Å². The molecule has 0 fully saturated rings. The zero-order chi connectivity index (χ0) is 18.3. The molecule has 1 atom stereocenters. The zero-order valence-electron chi connectivity index (χ0n) is 14.4. The summed E-state index contributed by atoms with van der Waals surface area (Å²) in [5.41, 5.74) is 0.941. The van der Waals surface area contributed by atoms with E-state index in [1.807, 2.05) is 13.8 Å². The topological polar surface area (TPSA) is 69.7 Å². The van der Waals surface area contributed by atoms with E-state index in [1.165, 1.54) is 12.1 Å². The van der Waals surface area contributed by atoms with Gasteiger partial charge >= 0.3 is 0 Å². The average molecular weight is 382 g/mol. The molecule has 0 aliphatic heterocycles. The molecule has 0 aliphatic carbocycles. The Labute approximate surface area is 149 Å². The Balaban J connectivity index is 2.19. The van der Waals surface area contributed by atoms with Crippen molar-refractivity contribution in [2.24, 2.45) is 0 Å². The molecule has 2 aromatic rings. The normalized spacial score (nSPS) is 14.2. The molecule has 0 aromatic heterocycles. The van der Waals surface area contributed by atoms with E-state index in [0.29, 0.717) is 5.30 Å². The van der Waals surface area contributed by atoms with Gasteiger partial charge in [-0.2, -0.15) is 8.42 Å². The highest BCUT2D eigenvalue weighted by Crippen LogP contribution is 2.46. The number of aryl methyl sites for hydroxylation is 1. The van der Waals surface area contributed by atoms with Crippen LogP contribution in [0.4, 0.5) is 0 Å². The summed E-state index contributed by atoms with van der Waals surface area (Å²) in [7, 11) is -7.43. The standard InChI is InChI=1S/C18H23O5PS/c1-3-4-14-22-24(19,17-8-6-5-7-9-17)15-23-25(20,21)18-12-10-16(2)11-13-18/h5-13H,3-4,14-15H2,1-2H3. The van der Waals surface area contributed by atoms with Crippen molar-refractivity contribution in [3.63, 3.8) is 0 Å². The minimum atomic E-state index is -4.00. The lowest BCUT2D eigenvalue weighted by atomic mass is 10.2. The van der Waals surface area contributed by atoms with Gasteiger partial charge in [-0.15, -0.1) is 0 Å². The van der Waals surface area contributed by atoms with E-state index in [4.69, 9.17) is 8.71 Å². The number of hydrogen-bond acceptors (Lipinski definition) is 5. The fourth-order valence-corrected chi connectivity index (χ4v) is 5.25. The molecule has 0 aliphatic rings. The Morgan fingerprint density at radius 1 is 1.00 bits per heavy atom. The van der Waals surface area contributed by atoms with Gasteiger partial charge in [-0.25, -0.2) is 0 Å². The lowest BCUT2D eigenvalue weighted by Crippen LogP contribution is -2.16. The molecule has 0 N–H and O–H groups in total. The summed E-state index contributed by atoms with van der Waals surface area (Å²) in [6.45, 7) is 4.15. The SMILES string of the molecule is CCCCOP(=O)(COS(=O)(=O)c1ccc(C)cc1)c1ccccc1. The van der Waals surface area contributed by atoms with Gasteiger partial charge in [0, 0.05) is 5.30 Å². The third-order valence-electron chi connectivity index (χ3n) is 3.63. The van der Waals surface area contributed by atoms with E-state index < -0.39 is 23.8 Å². The molecule has 0 saturated heterocycles. The van der Waals surface area contributed by atoms with Crippen LogP contribution in [0.2, 0.25) is 0 Å². The number of benzene rings is 2. The number of unbranched alkanes of at least 4 members (excludes halogenated alkanes) is 1. The predicted octanol–water partition coefficient (Wildman–Crippen LogP) is 4.08. The monoisotopic (exact) mass is 382 g/mol. The van der Waals surface area contributed by atoms with E-state index in [9.17, 15) is 13.0 Å². The summed E-state index contributed by atoms with van der Waals surface area (Å²) in [6, 6.07) is 14.9. The molecular weight excluding hydrogens is 359 g/mol. The summed E-state index contributed by atoms with van der Waals surface area (Å²) in [4.78, 5) is 0.0336. The first-order valence-corrected chi connectivity index (χ1v) is 11.3. The molecule has 1 unspecified atom stereocenters. The summed E-state index contributed by atoms with van der Waals surface area (Å²) in [5.74, 6) is 0. The fraction of sp³-hybridized carbons (Fsp3) is 0.333. The van der Waals surface area contributed by atoms with Gasteiger partial charge in [0.25, 0.3) is 17.5 Å². The maximum atomic E-state index is 13.2. The minimum Gasteiger partial charge on any atom is -0.324 e. The van der Waals surface area contributed by atoms with Gasteiger partial charge in [0.2, 0.25) is 0 Å². The Morgan fingerprint density at radius 2 is 1.64 bits per heavy atom. The van der Waals surface area contributed by atoms with Crippen LogP contribution in [0, 0.1) is 6.92 Å². The molecule has 7 heteroatoms. The highest BCUT2D eigenvalue weighted by atomic mass is 32.2. The summed E-state index contributed by atoms with van der Waals surface area (Å²) in [6.07, 6.45) is 1.11. The third kappa shape index (κ3) is 5.51. The van der Waals surface area contributed by atoms with Crippen molar-refractivity contribution in [3.05, 3.63) is 60.2 Å². The van der Waals surface area contributed by atoms with Crippen LogP contribution >= 0.6 is 7.37 Å². The third-order valence-corrected chi connectivity index (χ3v) is 7.24. The van der Waals surface area contributed by atoms with Gasteiger partial charge in [-0.05, 0) is 37.6 Å². The van der Waals surface area contributed by atoms with Crippen molar-refractivity contribution in [1.29, 1.82) is 0 Å². The minimum absolute atomic E-state index is 0.0336. The molecule has 0 heterocycles. The Morgan fingerprint density at radius 3 is 2.24 bits per heavy atom. The van der Waals surface area contributed by atoms with Crippen LogP contribution in [-0.4, -0.2) is 21.4 Å². The molecule has 0 spiro atoms. The van der Waals surface area contributed by atoms with Crippen molar-refractivity contribution in [2.75, 3.05) is 13.0 Å². The Hall–Kier alpha value is -1.46. The van der Waals surface area contributed by atoms with Crippen molar-refractivity contribution in [3.8, 4) is 0 Å². The molecule has 0 saturated carbocycles. The van der Waals surface area contributed by atoms with E-state index >= 15 is 0 Å². The maximum Gasteiger partial charge on any atom is 0.297 e. The summed E-state index contributed by atoms with van der Waals surface area (Å²) >= 11 is 0. The molecule has 2 aromatic carbocycles. The van der Waals surface area contributed by atoms with Gasteiger partial charge in [0.15, 0.2) is 0 Å². The molecule has 2 rings (SSSR count). The van der Waals surface area contributed by atoms with E-state index in [2.05, 4.69) is 0 Å². The van der Waals surface area contributed by atoms with E-state index in [1.54, 1.807) is 42.5 Å². The van der Waals surface area contributed by atoms with E-state index in [0.717, 1.165) is 18.4 Å². The van der Waals surface area contributed by atoms with Crippen LogP contribution in [0.1, 0.15) is 25.3 Å². The molecule has 136 valence electrons. The van der Waals surface area contributed by atoms with Crippen molar-refractivity contribution in [1.82, 2.24) is 0 Å². The highest BCUT2D eigenvalue weighted by molar-refractivity contribution is 7.87. The lowest BCUT2D eigenvalue weighted by Gasteiger charge is -2.19. The molecule has 0 bridgehead atoms. The highest BCUT2D eigenvalue weighted by Gasteiger charge is 2.29. The van der Waals surface area contributed by atoms with E-state index in [-0.39, 0.29) is 11.5 Å². The Bertz CT molecular complexity index is 816. The lowest BCUT2D eigenvalue weighted by molar-refractivity contribution is 0.284. The zero-order valence-corrected chi connectivity index (χ0v) is 16.1. The van der Waals surface area contributed by atoms with Crippen LogP contribution in [0.25, 0.3) is 0 Å². The van der Waals surface area contributed by atoms with Crippen LogP contribution < -0.4 is 5.30 Å². The smallest absolute Gasteiger partial charge is 0.297 e. The second-order valence-electron chi connectivity index (χ2n) is 5.71. The number of rotatable bonds is 9. The molecular formula is C18H23O5PS. The van der Waals surface area contributed by atoms with Crippen molar-refractivity contribution < 1.29 is 21.7 Å². The Kier molecular flexibility index (Phi) is 6.96. The van der Waals surface area contributed by atoms with Gasteiger partial charge in [-0.3, -0.25) is 8.75 Å². The first kappa shape index (κ1) is 19.9. The fourth-order valence-electron chi connectivity index (χ4n) is 2.11. The van der Waals surface area contributed by atoms with Crippen molar-refractivity contribution >= 4 is 22.8 Å². The van der Waals surface area contributed by atoms with Crippen molar-refractivity contribution in [2.45, 2.75) is 31.6 Å². The van der Waals surface area contributed by atoms with Gasteiger partial charge < -0.3 is 4.52 Å². The maximum absolute atomic E-state index is 13.2. The first-order chi connectivity index (χ1) is 11.9. The van der Waals surface area contributed by atoms with Crippen LogP contribution in [0.15, 0.2) is 59.5 Å². The summed E-state index contributed by atoms with van der Waals surface area (Å²) in [5, 5.41) is 0.449. The van der Waals surface area contributed by atoms with Gasteiger partial charge in [-0.1, -0.05) is 49.2 Å². The molecule has 0 radical (unpaired) electrons. The predicted molar refractivity (Wildman–Crippen MR) is 98.9 cm³/mol. The van der Waals surface area contributed by atoms with Crippen LogP contribution in [-0.2, 0) is 23.4 Å². The molecule has 5 nitrogen and oxygen atoms in total. The van der Waals surface area contributed by atoms with Gasteiger partial charge in [0.05, 0.1) is 11.5 Å². The average Bonchev–Trinajstić information content (AvgIpc) is 2.61. The quantitative estimate of drug-likeness (QED) is 0.371. The summed E-state index contributed by atoms with van der Waals surface area (Å²) < 4.78 is 48.6. The molecule has 25 heavy (non-hydrogen) atoms. The number of hydrogen-bond donors (Lipinski definition) is 0. The largest absolute Gasteiger partial charge is 0.324 e. The second kappa shape index (κ2) is 8.77. The second-order valence-corrected chi connectivity index (χ2v) is 9.70. The van der Waals surface area contributed by atoms with Crippen LogP contribution in [0.3, 0.4) is 0 Å².